The number of rotatable bonds is 2. The molecule has 0 aliphatic carbocycles. The molecule has 0 saturated carbocycles. The van der Waals surface area contributed by atoms with Gasteiger partial charge in [-0.15, -0.1) is 0 Å². The number of benzene rings is 1. The van der Waals surface area contributed by atoms with Crippen molar-refractivity contribution in [3.05, 3.63) is 28.4 Å². The summed E-state index contributed by atoms with van der Waals surface area (Å²) in [6, 6.07) is 6.00. The minimum atomic E-state index is 0.351. The second kappa shape index (κ2) is 4.14. The van der Waals surface area contributed by atoms with Crippen LogP contribution in [0.4, 0.5) is 5.95 Å². The third kappa shape index (κ3) is 2.09. The van der Waals surface area contributed by atoms with E-state index in [9.17, 15) is 0 Å². The SMILES string of the molecule is CCCc1nc(N)nc2cc(Br)ccc12. The Kier molecular flexibility index (Phi) is 2.86. The van der Waals surface area contributed by atoms with E-state index in [1.165, 1.54) is 0 Å². The maximum absolute atomic E-state index is 5.67. The van der Waals surface area contributed by atoms with E-state index in [-0.39, 0.29) is 0 Å². The number of fused-ring (bicyclic) bond motifs is 1. The lowest BCUT2D eigenvalue weighted by molar-refractivity contribution is 0.890. The van der Waals surface area contributed by atoms with E-state index in [0.717, 1.165) is 33.9 Å². The summed E-state index contributed by atoms with van der Waals surface area (Å²) in [6.45, 7) is 2.13. The van der Waals surface area contributed by atoms with Crippen LogP contribution in [0.15, 0.2) is 22.7 Å². The monoisotopic (exact) mass is 265 g/mol. The Hall–Kier alpha value is -1.16. The minimum Gasteiger partial charge on any atom is -0.368 e. The number of hydrogen-bond donors (Lipinski definition) is 1. The van der Waals surface area contributed by atoms with Gasteiger partial charge < -0.3 is 5.73 Å². The molecule has 1 heterocycles. The lowest BCUT2D eigenvalue weighted by Crippen LogP contribution is -2.00. The van der Waals surface area contributed by atoms with E-state index in [4.69, 9.17) is 5.73 Å². The van der Waals surface area contributed by atoms with E-state index >= 15 is 0 Å². The average molecular weight is 266 g/mol. The maximum Gasteiger partial charge on any atom is 0.220 e. The smallest absolute Gasteiger partial charge is 0.220 e. The zero-order valence-corrected chi connectivity index (χ0v) is 10.1. The van der Waals surface area contributed by atoms with Gasteiger partial charge in [-0.25, -0.2) is 9.97 Å². The largest absolute Gasteiger partial charge is 0.368 e. The van der Waals surface area contributed by atoms with Crippen molar-refractivity contribution in [3.63, 3.8) is 0 Å². The number of hydrogen-bond acceptors (Lipinski definition) is 3. The summed E-state index contributed by atoms with van der Waals surface area (Å²) in [5, 5.41) is 1.09. The van der Waals surface area contributed by atoms with Crippen molar-refractivity contribution in [2.45, 2.75) is 19.8 Å². The van der Waals surface area contributed by atoms with E-state index < -0.39 is 0 Å². The number of aryl methyl sites for hydroxylation is 1. The third-order valence-electron chi connectivity index (χ3n) is 2.24. The summed E-state index contributed by atoms with van der Waals surface area (Å²) in [5.74, 6) is 0.351. The fraction of sp³-hybridized carbons (Fsp3) is 0.273. The highest BCUT2D eigenvalue weighted by Gasteiger charge is 2.05. The Balaban J connectivity index is 2.68. The number of nitrogens with zero attached hydrogens (tertiary/aromatic N) is 2. The lowest BCUT2D eigenvalue weighted by atomic mass is 10.1. The topological polar surface area (TPSA) is 51.8 Å². The zero-order valence-electron chi connectivity index (χ0n) is 8.50. The predicted molar refractivity (Wildman–Crippen MR) is 65.6 cm³/mol. The molecule has 0 saturated heterocycles. The van der Waals surface area contributed by atoms with Crippen molar-refractivity contribution in [1.82, 2.24) is 9.97 Å². The van der Waals surface area contributed by atoms with Crippen LogP contribution >= 0.6 is 15.9 Å². The molecule has 0 aliphatic rings. The first-order valence-electron chi connectivity index (χ1n) is 4.92. The summed E-state index contributed by atoms with van der Waals surface area (Å²) in [5.41, 5.74) is 7.61. The maximum atomic E-state index is 5.67. The molecular weight excluding hydrogens is 254 g/mol. The minimum absolute atomic E-state index is 0.351. The summed E-state index contributed by atoms with van der Waals surface area (Å²) < 4.78 is 1.01. The first-order chi connectivity index (χ1) is 7.20. The molecule has 0 atom stereocenters. The van der Waals surface area contributed by atoms with Gasteiger partial charge in [0, 0.05) is 9.86 Å². The van der Waals surface area contributed by atoms with E-state index in [2.05, 4.69) is 32.8 Å². The highest BCUT2D eigenvalue weighted by molar-refractivity contribution is 9.10. The number of aromatic nitrogens is 2. The number of nitrogens with two attached hydrogens (primary N) is 1. The van der Waals surface area contributed by atoms with Crippen LogP contribution in [-0.2, 0) is 6.42 Å². The van der Waals surface area contributed by atoms with Crippen LogP contribution in [0, 0.1) is 0 Å². The number of nitrogen functional groups attached to an aromatic ring is 1. The van der Waals surface area contributed by atoms with E-state index in [1.807, 2.05) is 18.2 Å². The van der Waals surface area contributed by atoms with E-state index in [1.54, 1.807) is 0 Å². The van der Waals surface area contributed by atoms with Crippen LogP contribution in [0.3, 0.4) is 0 Å². The predicted octanol–water partition coefficient (Wildman–Crippen LogP) is 2.93. The fourth-order valence-electron chi connectivity index (χ4n) is 1.62. The van der Waals surface area contributed by atoms with Gasteiger partial charge in [-0.2, -0.15) is 0 Å². The van der Waals surface area contributed by atoms with Gasteiger partial charge in [0.1, 0.15) is 0 Å². The lowest BCUT2D eigenvalue weighted by Gasteiger charge is -2.05. The first-order valence-corrected chi connectivity index (χ1v) is 5.71. The summed E-state index contributed by atoms with van der Waals surface area (Å²) in [6.07, 6.45) is 1.99. The highest BCUT2D eigenvalue weighted by Crippen LogP contribution is 2.22. The molecule has 0 spiro atoms. The molecule has 0 bridgehead atoms. The van der Waals surface area contributed by atoms with Gasteiger partial charge >= 0.3 is 0 Å². The van der Waals surface area contributed by atoms with Gasteiger partial charge in [0.2, 0.25) is 5.95 Å². The van der Waals surface area contributed by atoms with Crippen molar-refractivity contribution in [3.8, 4) is 0 Å². The molecule has 1 aromatic heterocycles. The number of halogens is 1. The van der Waals surface area contributed by atoms with Crippen LogP contribution in [0.25, 0.3) is 10.9 Å². The molecule has 78 valence electrons. The molecule has 0 fully saturated rings. The fourth-order valence-corrected chi connectivity index (χ4v) is 1.96. The molecule has 0 aliphatic heterocycles. The van der Waals surface area contributed by atoms with Gasteiger partial charge in [-0.3, -0.25) is 0 Å². The standard InChI is InChI=1S/C11H12BrN3/c1-2-3-9-8-5-4-7(12)6-10(8)15-11(13)14-9/h4-6H,2-3H2,1H3,(H2,13,14,15). The Bertz CT molecular complexity index is 491. The van der Waals surface area contributed by atoms with Gasteiger partial charge in [-0.05, 0) is 24.6 Å². The van der Waals surface area contributed by atoms with Gasteiger partial charge in [0.05, 0.1) is 11.2 Å². The average Bonchev–Trinajstić information content (AvgIpc) is 2.17. The van der Waals surface area contributed by atoms with Crippen LogP contribution in [0.2, 0.25) is 0 Å². The molecule has 3 nitrogen and oxygen atoms in total. The Morgan fingerprint density at radius 1 is 1.33 bits per heavy atom. The van der Waals surface area contributed by atoms with Crippen LogP contribution in [-0.4, -0.2) is 9.97 Å². The third-order valence-corrected chi connectivity index (χ3v) is 2.74. The molecule has 2 rings (SSSR count). The Morgan fingerprint density at radius 2 is 2.13 bits per heavy atom. The second-order valence-electron chi connectivity index (χ2n) is 3.44. The number of anilines is 1. The molecule has 2 aromatic rings. The molecular formula is C11H12BrN3. The molecule has 0 radical (unpaired) electrons. The van der Waals surface area contributed by atoms with Gasteiger partial charge in [0.25, 0.3) is 0 Å². The molecule has 4 heteroatoms. The van der Waals surface area contributed by atoms with Crippen molar-refractivity contribution in [2.24, 2.45) is 0 Å². The van der Waals surface area contributed by atoms with Gasteiger partial charge in [0.15, 0.2) is 0 Å². The van der Waals surface area contributed by atoms with Gasteiger partial charge in [-0.1, -0.05) is 29.3 Å². The molecule has 0 amide bonds. The van der Waals surface area contributed by atoms with Crippen molar-refractivity contribution in [1.29, 1.82) is 0 Å². The normalized spacial score (nSPS) is 10.8. The second-order valence-corrected chi connectivity index (χ2v) is 4.36. The first kappa shape index (κ1) is 10.4. The van der Waals surface area contributed by atoms with Crippen LogP contribution in [0.5, 0.6) is 0 Å². The van der Waals surface area contributed by atoms with Crippen LogP contribution < -0.4 is 5.73 Å². The summed E-state index contributed by atoms with van der Waals surface area (Å²) in [7, 11) is 0. The molecule has 15 heavy (non-hydrogen) atoms. The summed E-state index contributed by atoms with van der Waals surface area (Å²) >= 11 is 3.42. The molecule has 0 unspecified atom stereocenters. The highest BCUT2D eigenvalue weighted by atomic mass is 79.9. The van der Waals surface area contributed by atoms with Crippen molar-refractivity contribution >= 4 is 32.8 Å². The van der Waals surface area contributed by atoms with Crippen molar-refractivity contribution < 1.29 is 0 Å². The quantitative estimate of drug-likeness (QED) is 0.909. The Morgan fingerprint density at radius 3 is 2.87 bits per heavy atom. The Labute approximate surface area is 96.9 Å². The van der Waals surface area contributed by atoms with E-state index in [0.29, 0.717) is 5.95 Å². The van der Waals surface area contributed by atoms with Crippen LogP contribution in [0.1, 0.15) is 19.0 Å². The zero-order chi connectivity index (χ0) is 10.8. The van der Waals surface area contributed by atoms with Crippen molar-refractivity contribution in [2.75, 3.05) is 5.73 Å². The molecule has 2 N–H and O–H groups in total. The molecule has 1 aromatic carbocycles. The summed E-state index contributed by atoms with van der Waals surface area (Å²) in [4.78, 5) is 8.49.